The van der Waals surface area contributed by atoms with Gasteiger partial charge in [0.1, 0.15) is 6.29 Å². The third kappa shape index (κ3) is 4.18. The first kappa shape index (κ1) is 15.8. The van der Waals surface area contributed by atoms with Gasteiger partial charge in [-0.25, -0.2) is 0 Å². The summed E-state index contributed by atoms with van der Waals surface area (Å²) >= 11 is 0. The first-order chi connectivity index (χ1) is 9.90. The highest BCUT2D eigenvalue weighted by atomic mass is 19.4. The summed E-state index contributed by atoms with van der Waals surface area (Å²) in [6.45, 7) is 3.29. The molecule has 0 saturated carbocycles. The van der Waals surface area contributed by atoms with Gasteiger partial charge in [0.25, 0.3) is 0 Å². The van der Waals surface area contributed by atoms with E-state index >= 15 is 0 Å². The molecule has 116 valence electrons. The molecule has 0 amide bonds. The lowest BCUT2D eigenvalue weighted by atomic mass is 10.1. The predicted octanol–water partition coefficient (Wildman–Crippen LogP) is 1.60. The second-order valence-electron chi connectivity index (χ2n) is 5.16. The average Bonchev–Trinajstić information content (AvgIpc) is 2.42. The van der Waals surface area contributed by atoms with Crippen molar-refractivity contribution in [2.75, 3.05) is 38.5 Å². The van der Waals surface area contributed by atoms with Crippen molar-refractivity contribution in [3.05, 3.63) is 29.3 Å². The monoisotopic (exact) mass is 301 g/mol. The lowest BCUT2D eigenvalue weighted by Crippen LogP contribution is -2.46. The van der Waals surface area contributed by atoms with Crippen LogP contribution < -0.4 is 5.73 Å². The van der Waals surface area contributed by atoms with Crippen LogP contribution in [0.25, 0.3) is 0 Å². The number of halogens is 3. The molecule has 1 aromatic carbocycles. The Labute approximate surface area is 121 Å². The van der Waals surface area contributed by atoms with Gasteiger partial charge in [0.15, 0.2) is 0 Å². The number of rotatable bonds is 4. The van der Waals surface area contributed by atoms with Crippen molar-refractivity contribution < 1.29 is 18.0 Å². The zero-order valence-corrected chi connectivity index (χ0v) is 11.6. The maximum atomic E-state index is 13.0. The molecule has 0 aromatic heterocycles. The van der Waals surface area contributed by atoms with Crippen LogP contribution in [-0.2, 0) is 17.5 Å². The number of carbonyl (C=O) groups excluding carboxylic acids is 1. The van der Waals surface area contributed by atoms with Crippen LogP contribution in [0.2, 0.25) is 0 Å². The van der Waals surface area contributed by atoms with E-state index in [4.69, 9.17) is 5.73 Å². The van der Waals surface area contributed by atoms with E-state index in [9.17, 15) is 18.0 Å². The van der Waals surface area contributed by atoms with Crippen LogP contribution in [-0.4, -0.2) is 48.8 Å². The Morgan fingerprint density at radius 1 is 1.14 bits per heavy atom. The molecule has 1 fully saturated rings. The summed E-state index contributed by atoms with van der Waals surface area (Å²) in [6, 6.07) is 3.92. The largest absolute Gasteiger partial charge is 0.416 e. The van der Waals surface area contributed by atoms with Crippen LogP contribution in [0.5, 0.6) is 0 Å². The number of nitrogen functional groups attached to an aromatic ring is 1. The minimum Gasteiger partial charge on any atom is -0.399 e. The van der Waals surface area contributed by atoms with Crippen LogP contribution >= 0.6 is 0 Å². The molecule has 0 bridgehead atoms. The molecule has 1 aliphatic heterocycles. The summed E-state index contributed by atoms with van der Waals surface area (Å²) in [5, 5.41) is 0. The summed E-state index contributed by atoms with van der Waals surface area (Å²) in [5.41, 5.74) is 5.14. The maximum absolute atomic E-state index is 13.0. The smallest absolute Gasteiger partial charge is 0.399 e. The van der Waals surface area contributed by atoms with Gasteiger partial charge < -0.3 is 10.5 Å². The number of hydrogen-bond acceptors (Lipinski definition) is 4. The Morgan fingerprint density at radius 3 is 2.33 bits per heavy atom. The van der Waals surface area contributed by atoms with Crippen molar-refractivity contribution >= 4 is 12.0 Å². The Kier molecular flexibility index (Phi) is 4.84. The van der Waals surface area contributed by atoms with Gasteiger partial charge in [-0.1, -0.05) is 6.07 Å². The van der Waals surface area contributed by atoms with Crippen LogP contribution in [0.4, 0.5) is 18.9 Å². The molecular formula is C14H18F3N3O. The number of carbonyl (C=O) groups is 1. The lowest BCUT2D eigenvalue weighted by molar-refractivity contribution is -0.138. The first-order valence-corrected chi connectivity index (χ1v) is 6.74. The third-order valence-corrected chi connectivity index (χ3v) is 3.63. The van der Waals surface area contributed by atoms with Crippen molar-refractivity contribution in [3.63, 3.8) is 0 Å². The van der Waals surface area contributed by atoms with Crippen LogP contribution in [0, 0.1) is 0 Å². The number of alkyl halides is 3. The minimum atomic E-state index is -4.40. The summed E-state index contributed by atoms with van der Waals surface area (Å²) in [7, 11) is 0. The summed E-state index contributed by atoms with van der Waals surface area (Å²) < 4.78 is 39.1. The van der Waals surface area contributed by atoms with Gasteiger partial charge in [-0.2, -0.15) is 13.2 Å². The van der Waals surface area contributed by atoms with Gasteiger partial charge in [-0.05, 0) is 17.7 Å². The van der Waals surface area contributed by atoms with E-state index < -0.39 is 11.7 Å². The molecule has 0 aliphatic carbocycles. The average molecular weight is 301 g/mol. The van der Waals surface area contributed by atoms with Crippen LogP contribution in [0.1, 0.15) is 11.1 Å². The number of nitrogens with zero attached hydrogens (tertiary/aromatic N) is 2. The van der Waals surface area contributed by atoms with Crippen molar-refractivity contribution in [2.45, 2.75) is 12.7 Å². The van der Waals surface area contributed by atoms with Crippen molar-refractivity contribution in [1.29, 1.82) is 0 Å². The normalized spacial score (nSPS) is 17.9. The van der Waals surface area contributed by atoms with Crippen molar-refractivity contribution in [1.82, 2.24) is 9.80 Å². The zero-order valence-electron chi connectivity index (χ0n) is 11.6. The fourth-order valence-corrected chi connectivity index (χ4v) is 2.47. The molecule has 7 heteroatoms. The second-order valence-corrected chi connectivity index (χ2v) is 5.16. The highest BCUT2D eigenvalue weighted by Crippen LogP contribution is 2.33. The summed E-state index contributed by atoms with van der Waals surface area (Å²) in [4.78, 5) is 14.4. The molecular weight excluding hydrogens is 283 g/mol. The summed E-state index contributed by atoms with van der Waals surface area (Å²) in [5.74, 6) is 0. The van der Waals surface area contributed by atoms with Gasteiger partial charge in [-0.3, -0.25) is 9.80 Å². The third-order valence-electron chi connectivity index (χ3n) is 3.63. The van der Waals surface area contributed by atoms with E-state index in [2.05, 4.69) is 0 Å². The Hall–Kier alpha value is -1.60. The highest BCUT2D eigenvalue weighted by molar-refractivity contribution is 5.52. The number of aldehydes is 1. The maximum Gasteiger partial charge on any atom is 0.416 e. The molecule has 1 aliphatic rings. The van der Waals surface area contributed by atoms with Crippen LogP contribution in [0.3, 0.4) is 0 Å². The Bertz CT molecular complexity index is 497. The minimum absolute atomic E-state index is 0.113. The molecule has 2 rings (SSSR count). The molecule has 0 atom stereocenters. The standard InChI is InChI=1S/C14H18F3N3O/c15-14(16,17)13-9-12(18)2-1-11(13)10-20-5-3-19(4-6-20)7-8-21/h1-2,8-9H,3-7,10,18H2. The number of hydrogen-bond donors (Lipinski definition) is 1. The van der Waals surface area contributed by atoms with Gasteiger partial charge in [0.05, 0.1) is 12.1 Å². The van der Waals surface area contributed by atoms with E-state index in [1.807, 2.05) is 9.80 Å². The molecule has 0 unspecified atom stereocenters. The quantitative estimate of drug-likeness (QED) is 0.678. The number of piperazine rings is 1. The van der Waals surface area contributed by atoms with Gasteiger partial charge >= 0.3 is 6.18 Å². The SMILES string of the molecule is Nc1ccc(CN2CCN(CC=O)CC2)c(C(F)(F)F)c1. The first-order valence-electron chi connectivity index (χ1n) is 6.74. The molecule has 0 spiro atoms. The molecule has 4 nitrogen and oxygen atoms in total. The van der Waals surface area contributed by atoms with Gasteiger partial charge in [0, 0.05) is 38.4 Å². The Balaban J connectivity index is 2.05. The predicted molar refractivity (Wildman–Crippen MR) is 73.6 cm³/mol. The molecule has 0 radical (unpaired) electrons. The fourth-order valence-electron chi connectivity index (χ4n) is 2.47. The number of nitrogens with two attached hydrogens (primary N) is 1. The van der Waals surface area contributed by atoms with Crippen molar-refractivity contribution in [2.24, 2.45) is 0 Å². The molecule has 1 aromatic rings. The van der Waals surface area contributed by atoms with Gasteiger partial charge in [0.2, 0.25) is 0 Å². The Morgan fingerprint density at radius 2 is 1.76 bits per heavy atom. The lowest BCUT2D eigenvalue weighted by Gasteiger charge is -2.34. The van der Waals surface area contributed by atoms with Gasteiger partial charge in [-0.15, -0.1) is 0 Å². The number of benzene rings is 1. The molecule has 21 heavy (non-hydrogen) atoms. The molecule has 1 heterocycles. The summed E-state index contributed by atoms with van der Waals surface area (Å²) in [6.07, 6.45) is -3.55. The molecule has 1 saturated heterocycles. The van der Waals surface area contributed by atoms with E-state index in [1.54, 1.807) is 0 Å². The number of anilines is 1. The van der Waals surface area contributed by atoms with E-state index in [-0.39, 0.29) is 17.8 Å². The van der Waals surface area contributed by atoms with E-state index in [0.717, 1.165) is 12.4 Å². The second kappa shape index (κ2) is 6.44. The van der Waals surface area contributed by atoms with E-state index in [0.29, 0.717) is 32.7 Å². The highest BCUT2D eigenvalue weighted by Gasteiger charge is 2.34. The molecule has 2 N–H and O–H groups in total. The zero-order chi connectivity index (χ0) is 15.5. The fraction of sp³-hybridized carbons (Fsp3) is 0.500. The van der Waals surface area contributed by atoms with Crippen LogP contribution in [0.15, 0.2) is 18.2 Å². The topological polar surface area (TPSA) is 49.6 Å². The van der Waals surface area contributed by atoms with E-state index in [1.165, 1.54) is 12.1 Å². The van der Waals surface area contributed by atoms with Crippen molar-refractivity contribution in [3.8, 4) is 0 Å².